The molecule has 0 aliphatic carbocycles. The number of aromatic hydroxyl groups is 1. The van der Waals surface area contributed by atoms with Crippen LogP contribution >= 0.6 is 0 Å². The van der Waals surface area contributed by atoms with Gasteiger partial charge in [-0.25, -0.2) is 9.38 Å². The molecule has 68 valence electrons. The van der Waals surface area contributed by atoms with E-state index in [0.717, 1.165) is 0 Å². The van der Waals surface area contributed by atoms with Gasteiger partial charge in [0.2, 0.25) is 5.90 Å². The third-order valence-corrected chi connectivity index (χ3v) is 1.77. The molecule has 0 saturated carbocycles. The zero-order valence-corrected chi connectivity index (χ0v) is 6.83. The Hall–Kier alpha value is -1.58. The van der Waals surface area contributed by atoms with Crippen LogP contribution in [0, 0.1) is 5.82 Å². The molecule has 0 aromatic heterocycles. The third kappa shape index (κ3) is 1.47. The summed E-state index contributed by atoms with van der Waals surface area (Å²) in [6.07, 6.45) is 0. The van der Waals surface area contributed by atoms with Crippen LogP contribution in [0.1, 0.15) is 5.56 Å². The van der Waals surface area contributed by atoms with Gasteiger partial charge in [-0.1, -0.05) is 0 Å². The second-order valence-electron chi connectivity index (χ2n) is 2.70. The molecule has 1 aliphatic rings. The first-order chi connectivity index (χ1) is 6.27. The number of aliphatic imine (C=N–C) groups is 1. The van der Waals surface area contributed by atoms with Crippen molar-refractivity contribution in [2.45, 2.75) is 0 Å². The van der Waals surface area contributed by atoms with Crippen molar-refractivity contribution in [3.05, 3.63) is 29.6 Å². The van der Waals surface area contributed by atoms with Gasteiger partial charge in [0.1, 0.15) is 18.2 Å². The van der Waals surface area contributed by atoms with Crippen molar-refractivity contribution < 1.29 is 14.2 Å². The lowest BCUT2D eigenvalue weighted by molar-refractivity contribution is 0.346. The van der Waals surface area contributed by atoms with Crippen LogP contribution in [0.2, 0.25) is 0 Å². The topological polar surface area (TPSA) is 41.8 Å². The highest BCUT2D eigenvalue weighted by molar-refractivity contribution is 5.95. The van der Waals surface area contributed by atoms with Crippen LogP contribution in [0.15, 0.2) is 23.2 Å². The minimum absolute atomic E-state index is 0.00889. The van der Waals surface area contributed by atoms with Crippen LogP contribution in [0.3, 0.4) is 0 Å². The maximum atomic E-state index is 13.1. The highest BCUT2D eigenvalue weighted by Gasteiger charge is 2.15. The highest BCUT2D eigenvalue weighted by atomic mass is 19.1. The molecule has 1 aromatic rings. The van der Waals surface area contributed by atoms with Gasteiger partial charge in [-0.2, -0.15) is 0 Å². The third-order valence-electron chi connectivity index (χ3n) is 1.77. The average molecular weight is 181 g/mol. The molecule has 0 bridgehead atoms. The summed E-state index contributed by atoms with van der Waals surface area (Å²) in [5.74, 6) is -0.151. The SMILES string of the molecule is Oc1ccc(F)c(C2=NCCO2)c1. The summed E-state index contributed by atoms with van der Waals surface area (Å²) < 4.78 is 18.2. The van der Waals surface area contributed by atoms with Gasteiger partial charge < -0.3 is 9.84 Å². The summed E-state index contributed by atoms with van der Waals surface area (Å²) in [6.45, 7) is 1.02. The first-order valence-corrected chi connectivity index (χ1v) is 3.93. The lowest BCUT2D eigenvalue weighted by Gasteiger charge is -2.03. The van der Waals surface area contributed by atoms with Crippen molar-refractivity contribution >= 4 is 5.90 Å². The molecule has 0 unspecified atom stereocenters. The molecule has 1 aromatic carbocycles. The summed E-state index contributed by atoms with van der Waals surface area (Å²) in [4.78, 5) is 3.95. The van der Waals surface area contributed by atoms with E-state index in [1.54, 1.807) is 0 Å². The molecule has 1 aliphatic heterocycles. The Balaban J connectivity index is 2.43. The van der Waals surface area contributed by atoms with Gasteiger partial charge >= 0.3 is 0 Å². The molecule has 0 fully saturated rings. The van der Waals surface area contributed by atoms with E-state index in [1.807, 2.05) is 0 Å². The average Bonchev–Trinajstić information content (AvgIpc) is 2.61. The maximum absolute atomic E-state index is 13.1. The summed E-state index contributed by atoms with van der Waals surface area (Å²) in [6, 6.07) is 3.78. The minimum Gasteiger partial charge on any atom is -0.508 e. The quantitative estimate of drug-likeness (QED) is 0.709. The molecule has 1 heterocycles. The van der Waals surface area contributed by atoms with Crippen molar-refractivity contribution in [1.82, 2.24) is 0 Å². The summed E-state index contributed by atoms with van der Waals surface area (Å²) in [7, 11) is 0. The van der Waals surface area contributed by atoms with Crippen LogP contribution in [0.4, 0.5) is 4.39 Å². The van der Waals surface area contributed by atoms with E-state index in [0.29, 0.717) is 13.2 Å². The number of ether oxygens (including phenoxy) is 1. The molecule has 0 amide bonds. The van der Waals surface area contributed by atoms with E-state index in [-0.39, 0.29) is 17.2 Å². The van der Waals surface area contributed by atoms with Crippen molar-refractivity contribution in [2.75, 3.05) is 13.2 Å². The second kappa shape index (κ2) is 3.05. The number of benzene rings is 1. The standard InChI is InChI=1S/C9H8FNO2/c10-8-2-1-6(12)5-7(8)9-11-3-4-13-9/h1-2,5,12H,3-4H2. The van der Waals surface area contributed by atoms with Crippen LogP contribution in [0.25, 0.3) is 0 Å². The smallest absolute Gasteiger partial charge is 0.219 e. The number of hydrogen-bond donors (Lipinski definition) is 1. The van der Waals surface area contributed by atoms with Gasteiger partial charge in [0, 0.05) is 0 Å². The summed E-state index contributed by atoms with van der Waals surface area (Å²) >= 11 is 0. The minimum atomic E-state index is -0.432. The molecule has 3 nitrogen and oxygen atoms in total. The molecular weight excluding hydrogens is 173 g/mol. The normalized spacial score (nSPS) is 15.3. The van der Waals surface area contributed by atoms with E-state index < -0.39 is 5.82 Å². The van der Waals surface area contributed by atoms with E-state index in [1.165, 1.54) is 18.2 Å². The van der Waals surface area contributed by atoms with Gasteiger partial charge in [-0.15, -0.1) is 0 Å². The molecule has 0 saturated heterocycles. The molecule has 4 heteroatoms. The molecule has 2 rings (SSSR count). The molecule has 0 atom stereocenters. The van der Waals surface area contributed by atoms with E-state index in [2.05, 4.69) is 4.99 Å². The van der Waals surface area contributed by atoms with Crippen LogP contribution in [-0.4, -0.2) is 24.2 Å². The number of halogens is 1. The van der Waals surface area contributed by atoms with Gasteiger partial charge in [0.05, 0.1) is 12.1 Å². The fourth-order valence-corrected chi connectivity index (χ4v) is 1.18. The summed E-state index contributed by atoms with van der Waals surface area (Å²) in [5, 5.41) is 9.12. The number of nitrogens with zero attached hydrogens (tertiary/aromatic N) is 1. The predicted octanol–water partition coefficient (Wildman–Crippen LogP) is 1.31. The van der Waals surface area contributed by atoms with Crippen molar-refractivity contribution in [3.8, 4) is 5.75 Å². The molecule has 1 N–H and O–H groups in total. The van der Waals surface area contributed by atoms with Crippen molar-refractivity contribution in [3.63, 3.8) is 0 Å². The van der Waals surface area contributed by atoms with Gasteiger partial charge in [0.25, 0.3) is 0 Å². The Morgan fingerprint density at radius 1 is 1.46 bits per heavy atom. The van der Waals surface area contributed by atoms with Crippen LogP contribution in [-0.2, 0) is 4.74 Å². The fraction of sp³-hybridized carbons (Fsp3) is 0.222. The second-order valence-corrected chi connectivity index (χ2v) is 2.70. The molecular formula is C9H8FNO2. The van der Waals surface area contributed by atoms with E-state index in [4.69, 9.17) is 9.84 Å². The van der Waals surface area contributed by atoms with Crippen molar-refractivity contribution in [1.29, 1.82) is 0 Å². The monoisotopic (exact) mass is 181 g/mol. The van der Waals surface area contributed by atoms with Gasteiger partial charge in [-0.3, -0.25) is 0 Å². The number of phenols is 1. The number of hydrogen-bond acceptors (Lipinski definition) is 3. The first-order valence-electron chi connectivity index (χ1n) is 3.93. The lowest BCUT2D eigenvalue weighted by Crippen LogP contribution is -2.03. The Labute approximate surface area is 74.5 Å². The van der Waals surface area contributed by atoms with Crippen LogP contribution in [0.5, 0.6) is 5.75 Å². The Morgan fingerprint density at radius 3 is 3.00 bits per heavy atom. The first kappa shape index (κ1) is 8.04. The Kier molecular flexibility index (Phi) is 1.88. The van der Waals surface area contributed by atoms with Crippen molar-refractivity contribution in [2.24, 2.45) is 4.99 Å². The molecule has 0 spiro atoms. The summed E-state index contributed by atoms with van der Waals surface area (Å²) in [5.41, 5.74) is 0.220. The van der Waals surface area contributed by atoms with E-state index >= 15 is 0 Å². The highest BCUT2D eigenvalue weighted by Crippen LogP contribution is 2.18. The number of rotatable bonds is 1. The zero-order chi connectivity index (χ0) is 9.26. The zero-order valence-electron chi connectivity index (χ0n) is 6.83. The predicted molar refractivity (Wildman–Crippen MR) is 45.4 cm³/mol. The van der Waals surface area contributed by atoms with E-state index in [9.17, 15) is 4.39 Å². The van der Waals surface area contributed by atoms with Gasteiger partial charge in [-0.05, 0) is 18.2 Å². The fourth-order valence-electron chi connectivity index (χ4n) is 1.18. The van der Waals surface area contributed by atoms with Gasteiger partial charge in [0.15, 0.2) is 0 Å². The Bertz CT molecular complexity index is 363. The largest absolute Gasteiger partial charge is 0.508 e. The maximum Gasteiger partial charge on any atom is 0.219 e. The molecule has 13 heavy (non-hydrogen) atoms. The lowest BCUT2D eigenvalue weighted by atomic mass is 10.2. The molecule has 0 radical (unpaired) electrons. The number of phenolic OH excluding ortho intramolecular Hbond substituents is 1. The Morgan fingerprint density at radius 2 is 2.31 bits per heavy atom. The van der Waals surface area contributed by atoms with Crippen LogP contribution < -0.4 is 0 Å².